The fourth-order valence-electron chi connectivity index (χ4n) is 9.05. The third-order valence-corrected chi connectivity index (χ3v) is 11.0. The molecule has 0 aliphatic heterocycles. The predicted octanol–water partition coefficient (Wildman–Crippen LogP) is 6.14. The highest BCUT2D eigenvalue weighted by molar-refractivity contribution is 5.90. The maximum atomic E-state index is 12.8. The highest BCUT2D eigenvalue weighted by Crippen LogP contribution is 2.66. The molecular formula is C31H41N3O2. The number of hydrogen-bond donors (Lipinski definition) is 3. The van der Waals surface area contributed by atoms with Crippen LogP contribution in [0.1, 0.15) is 77.7 Å². The van der Waals surface area contributed by atoms with E-state index in [9.17, 15) is 9.90 Å². The van der Waals surface area contributed by atoms with Gasteiger partial charge >= 0.3 is 0 Å². The second-order valence-corrected chi connectivity index (χ2v) is 12.7. The second-order valence-electron chi connectivity index (χ2n) is 12.7. The second kappa shape index (κ2) is 8.86. The molecular weight excluding hydrogens is 446 g/mol. The van der Waals surface area contributed by atoms with Crippen LogP contribution in [0.2, 0.25) is 0 Å². The van der Waals surface area contributed by atoms with E-state index in [1.807, 2.05) is 24.4 Å². The van der Waals surface area contributed by atoms with Gasteiger partial charge in [0.05, 0.1) is 12.5 Å². The zero-order valence-corrected chi connectivity index (χ0v) is 22.0. The van der Waals surface area contributed by atoms with E-state index >= 15 is 0 Å². The van der Waals surface area contributed by atoms with Crippen LogP contribution in [0.15, 0.2) is 47.2 Å². The van der Waals surface area contributed by atoms with E-state index in [2.05, 4.69) is 48.4 Å². The number of carbonyl (C=O) groups is 1. The van der Waals surface area contributed by atoms with Gasteiger partial charge in [-0.05, 0) is 98.5 Å². The van der Waals surface area contributed by atoms with Crippen LogP contribution in [0.3, 0.4) is 0 Å². The molecule has 2 aromatic rings. The summed E-state index contributed by atoms with van der Waals surface area (Å²) in [6, 6.07) is 8.10. The Kier molecular flexibility index (Phi) is 5.90. The van der Waals surface area contributed by atoms with Crippen molar-refractivity contribution in [2.75, 3.05) is 0 Å². The summed E-state index contributed by atoms with van der Waals surface area (Å²) in [4.78, 5) is 16.0. The fourth-order valence-corrected chi connectivity index (χ4v) is 9.05. The normalized spacial score (nSPS) is 38.2. The molecule has 0 spiro atoms. The molecule has 0 bridgehead atoms. The van der Waals surface area contributed by atoms with Gasteiger partial charge in [-0.1, -0.05) is 43.7 Å². The van der Waals surface area contributed by atoms with Gasteiger partial charge in [-0.3, -0.25) is 4.79 Å². The standard InChI is InChI=1S/C31H41N3O2/c1-19(33-34-29(36)16-20-18-32-28-7-5-4-6-23(20)28)25-10-11-26-24-9-8-21-17-22(35)12-14-30(21,2)27(24)13-15-31(25,26)3/h4-8,18,22,24-27,32,35H,9-17H2,1-3H3,(H,34,36)/t22-,24-,25+,26-,27-,30-,31+/m0/s1. The molecule has 3 N–H and O–H groups in total. The number of H-pyrrole nitrogens is 1. The molecule has 5 heteroatoms. The number of aromatic amines is 1. The predicted molar refractivity (Wildman–Crippen MR) is 144 cm³/mol. The van der Waals surface area contributed by atoms with Crippen LogP contribution in [0.25, 0.3) is 10.9 Å². The Balaban J connectivity index is 1.15. The zero-order chi connectivity index (χ0) is 25.1. The number of rotatable bonds is 4. The molecule has 4 aliphatic rings. The summed E-state index contributed by atoms with van der Waals surface area (Å²) >= 11 is 0. The van der Waals surface area contributed by atoms with Crippen molar-refractivity contribution in [3.05, 3.63) is 47.7 Å². The van der Waals surface area contributed by atoms with Crippen LogP contribution < -0.4 is 5.43 Å². The van der Waals surface area contributed by atoms with Gasteiger partial charge in [0.2, 0.25) is 5.91 Å². The van der Waals surface area contributed by atoms with E-state index in [4.69, 9.17) is 0 Å². The van der Waals surface area contributed by atoms with Crippen LogP contribution in [-0.2, 0) is 11.2 Å². The van der Waals surface area contributed by atoms with Gasteiger partial charge in [0.15, 0.2) is 0 Å². The Labute approximate surface area is 214 Å². The van der Waals surface area contributed by atoms with Gasteiger partial charge in [0.25, 0.3) is 0 Å². The van der Waals surface area contributed by atoms with E-state index in [-0.39, 0.29) is 22.8 Å². The number of carbonyl (C=O) groups excluding carboxylic acids is 1. The van der Waals surface area contributed by atoms with Crippen molar-refractivity contribution < 1.29 is 9.90 Å². The number of aliphatic hydroxyl groups is 1. The number of para-hydroxylation sites is 1. The maximum absolute atomic E-state index is 12.8. The fraction of sp³-hybridized carbons (Fsp3) is 0.613. The molecule has 192 valence electrons. The lowest BCUT2D eigenvalue weighted by atomic mass is 9.47. The number of benzene rings is 1. The summed E-state index contributed by atoms with van der Waals surface area (Å²) in [5, 5.41) is 16.0. The Bertz CT molecular complexity index is 1230. The zero-order valence-electron chi connectivity index (χ0n) is 22.0. The van der Waals surface area contributed by atoms with Crippen molar-refractivity contribution in [2.45, 2.75) is 84.7 Å². The Morgan fingerprint density at radius 1 is 1.14 bits per heavy atom. The number of aromatic nitrogens is 1. The van der Waals surface area contributed by atoms with E-state index in [0.29, 0.717) is 12.3 Å². The molecule has 4 aliphatic carbocycles. The Morgan fingerprint density at radius 3 is 2.83 bits per heavy atom. The smallest absolute Gasteiger partial charge is 0.244 e. The number of amides is 1. The average molecular weight is 488 g/mol. The minimum Gasteiger partial charge on any atom is -0.393 e. The van der Waals surface area contributed by atoms with Crippen LogP contribution in [0, 0.1) is 34.5 Å². The van der Waals surface area contributed by atoms with E-state index in [1.165, 1.54) is 37.7 Å². The van der Waals surface area contributed by atoms with Crippen LogP contribution in [-0.4, -0.2) is 27.8 Å². The molecule has 7 atom stereocenters. The van der Waals surface area contributed by atoms with Crippen molar-refractivity contribution in [3.8, 4) is 0 Å². The summed E-state index contributed by atoms with van der Waals surface area (Å²) in [6.45, 7) is 7.12. The summed E-state index contributed by atoms with van der Waals surface area (Å²) in [5.41, 5.74) is 8.11. The SMILES string of the molecule is CC(=NNC(=O)Cc1c[nH]c2ccccc12)[C@H]1CC[C@H]2[C@@H]3CC=C4C[C@@H](O)CC[C@]4(C)[C@H]3CC[C@]12C. The van der Waals surface area contributed by atoms with Gasteiger partial charge in [0.1, 0.15) is 0 Å². The summed E-state index contributed by atoms with van der Waals surface area (Å²) in [6.07, 6.45) is 13.7. The number of nitrogens with one attached hydrogen (secondary N) is 2. The number of fused-ring (bicyclic) bond motifs is 6. The molecule has 5 nitrogen and oxygen atoms in total. The first-order valence-electron chi connectivity index (χ1n) is 14.0. The van der Waals surface area contributed by atoms with E-state index < -0.39 is 0 Å². The molecule has 0 unspecified atom stereocenters. The van der Waals surface area contributed by atoms with E-state index in [0.717, 1.165) is 59.2 Å². The molecule has 1 heterocycles. The molecule has 1 amide bonds. The molecule has 3 saturated carbocycles. The first-order valence-corrected chi connectivity index (χ1v) is 14.0. The molecule has 6 rings (SSSR count). The lowest BCUT2D eigenvalue weighted by molar-refractivity contribution is -0.120. The third-order valence-electron chi connectivity index (χ3n) is 11.0. The molecule has 3 fully saturated rings. The van der Waals surface area contributed by atoms with Crippen molar-refractivity contribution in [1.82, 2.24) is 10.4 Å². The molecule has 0 radical (unpaired) electrons. The number of nitrogens with zero attached hydrogens (tertiary/aromatic N) is 1. The quantitative estimate of drug-likeness (QED) is 0.275. The summed E-state index contributed by atoms with van der Waals surface area (Å²) < 4.78 is 0. The number of allylic oxidation sites excluding steroid dienone is 1. The number of hydrazone groups is 1. The van der Waals surface area contributed by atoms with Crippen molar-refractivity contribution in [1.29, 1.82) is 0 Å². The number of hydrogen-bond acceptors (Lipinski definition) is 3. The molecule has 1 aromatic heterocycles. The molecule has 1 aromatic carbocycles. The Hall–Kier alpha value is -2.40. The van der Waals surface area contributed by atoms with Gasteiger partial charge in [-0.15, -0.1) is 0 Å². The summed E-state index contributed by atoms with van der Waals surface area (Å²) in [5.74, 6) is 2.58. The number of aliphatic hydroxyl groups excluding tert-OH is 1. The van der Waals surface area contributed by atoms with Gasteiger partial charge in [-0.25, -0.2) is 5.43 Å². The monoisotopic (exact) mass is 487 g/mol. The molecule has 36 heavy (non-hydrogen) atoms. The summed E-state index contributed by atoms with van der Waals surface area (Å²) in [7, 11) is 0. The lowest BCUT2D eigenvalue weighted by Crippen LogP contribution is -2.51. The largest absolute Gasteiger partial charge is 0.393 e. The van der Waals surface area contributed by atoms with Crippen LogP contribution in [0.5, 0.6) is 0 Å². The minimum absolute atomic E-state index is 0.0557. The van der Waals surface area contributed by atoms with Crippen molar-refractivity contribution >= 4 is 22.5 Å². The van der Waals surface area contributed by atoms with Crippen molar-refractivity contribution in [3.63, 3.8) is 0 Å². The average Bonchev–Trinajstić information content (AvgIpc) is 3.44. The van der Waals surface area contributed by atoms with Gasteiger partial charge < -0.3 is 10.1 Å². The maximum Gasteiger partial charge on any atom is 0.244 e. The first-order chi connectivity index (χ1) is 17.3. The molecule has 0 saturated heterocycles. The van der Waals surface area contributed by atoms with Gasteiger partial charge in [-0.2, -0.15) is 5.10 Å². The first kappa shape index (κ1) is 24.0. The Morgan fingerprint density at radius 2 is 1.97 bits per heavy atom. The third kappa shape index (κ3) is 3.77. The van der Waals surface area contributed by atoms with Crippen LogP contribution in [0.4, 0.5) is 0 Å². The topological polar surface area (TPSA) is 77.5 Å². The highest BCUT2D eigenvalue weighted by Gasteiger charge is 2.59. The lowest BCUT2D eigenvalue weighted by Gasteiger charge is -2.58. The van der Waals surface area contributed by atoms with E-state index in [1.54, 1.807) is 0 Å². The minimum atomic E-state index is -0.143. The van der Waals surface area contributed by atoms with Gasteiger partial charge in [0, 0.05) is 28.7 Å². The van der Waals surface area contributed by atoms with Crippen molar-refractivity contribution in [2.24, 2.45) is 39.6 Å². The van der Waals surface area contributed by atoms with Crippen LogP contribution >= 0.6 is 0 Å². The highest BCUT2D eigenvalue weighted by atomic mass is 16.3.